The van der Waals surface area contributed by atoms with Gasteiger partial charge in [-0.1, -0.05) is 6.92 Å². The Morgan fingerprint density at radius 1 is 1.47 bits per heavy atom. The highest BCUT2D eigenvalue weighted by atomic mass is 16.3. The zero-order valence-electron chi connectivity index (χ0n) is 9.90. The van der Waals surface area contributed by atoms with Crippen molar-refractivity contribution in [3.05, 3.63) is 26.4 Å². The molecule has 1 aromatic heterocycles. The van der Waals surface area contributed by atoms with Crippen LogP contribution < -0.4 is 17.0 Å². The van der Waals surface area contributed by atoms with Crippen LogP contribution in [-0.4, -0.2) is 20.6 Å². The highest BCUT2D eigenvalue weighted by molar-refractivity contribution is 5.82. The number of nitrogens with zero attached hydrogens (tertiary/aromatic N) is 1. The fourth-order valence-corrected chi connectivity index (χ4v) is 1.51. The molecule has 0 aliphatic carbocycles. The molecule has 0 radical (unpaired) electrons. The lowest BCUT2D eigenvalue weighted by molar-refractivity contribution is -0.125. The number of rotatable bonds is 3. The van der Waals surface area contributed by atoms with Crippen LogP contribution in [0.2, 0.25) is 0 Å². The number of aromatic nitrogens is 2. The quantitative estimate of drug-likeness (QED) is 0.630. The zero-order valence-corrected chi connectivity index (χ0v) is 9.90. The molecule has 1 aromatic rings. The van der Waals surface area contributed by atoms with E-state index in [0.29, 0.717) is 0 Å². The molecule has 0 bridgehead atoms. The minimum Gasteiger partial charge on any atom is -0.494 e. The fourth-order valence-electron chi connectivity index (χ4n) is 1.51. The van der Waals surface area contributed by atoms with Crippen LogP contribution in [-0.2, 0) is 16.8 Å². The van der Waals surface area contributed by atoms with Gasteiger partial charge >= 0.3 is 5.69 Å². The summed E-state index contributed by atoms with van der Waals surface area (Å²) in [7, 11) is 0. The van der Waals surface area contributed by atoms with Crippen molar-refractivity contribution in [2.45, 2.75) is 32.7 Å². The number of primary amides is 1. The molecule has 0 aromatic carbocycles. The number of aromatic hydroxyl groups is 1. The van der Waals surface area contributed by atoms with E-state index < -0.39 is 28.6 Å². The first-order valence-electron chi connectivity index (χ1n) is 5.11. The van der Waals surface area contributed by atoms with Gasteiger partial charge in [0.05, 0.1) is 5.56 Å². The predicted octanol–water partition coefficient (Wildman–Crippen LogP) is -0.975. The van der Waals surface area contributed by atoms with Crippen molar-refractivity contribution >= 4 is 5.91 Å². The van der Waals surface area contributed by atoms with Gasteiger partial charge in [-0.15, -0.1) is 0 Å². The second-order valence-electron chi connectivity index (χ2n) is 4.17. The second kappa shape index (κ2) is 4.08. The SMILES string of the molecule is CCc1c(O)n(C(C)(C)C(N)=O)c(=O)[nH]c1=O. The molecule has 7 heteroatoms. The molecule has 0 unspecified atom stereocenters. The van der Waals surface area contributed by atoms with Gasteiger partial charge in [0.1, 0.15) is 5.54 Å². The van der Waals surface area contributed by atoms with Crippen molar-refractivity contribution in [2.24, 2.45) is 5.73 Å². The average Bonchev–Trinajstić information content (AvgIpc) is 2.16. The summed E-state index contributed by atoms with van der Waals surface area (Å²) >= 11 is 0. The fraction of sp³-hybridized carbons (Fsp3) is 0.500. The monoisotopic (exact) mass is 241 g/mol. The number of hydrogen-bond acceptors (Lipinski definition) is 4. The van der Waals surface area contributed by atoms with Gasteiger partial charge in [0.25, 0.3) is 5.56 Å². The second-order valence-corrected chi connectivity index (χ2v) is 4.17. The minimum absolute atomic E-state index is 0.0407. The molecular formula is C10H15N3O4. The van der Waals surface area contributed by atoms with E-state index in [2.05, 4.69) is 0 Å². The minimum atomic E-state index is -1.42. The van der Waals surface area contributed by atoms with Crippen LogP contribution in [0.3, 0.4) is 0 Å². The molecule has 0 atom stereocenters. The van der Waals surface area contributed by atoms with E-state index in [4.69, 9.17) is 5.73 Å². The van der Waals surface area contributed by atoms with Gasteiger partial charge < -0.3 is 10.8 Å². The molecular weight excluding hydrogens is 226 g/mol. The van der Waals surface area contributed by atoms with Crippen LogP contribution in [0.4, 0.5) is 0 Å². The van der Waals surface area contributed by atoms with Gasteiger partial charge in [-0.25, -0.2) is 9.36 Å². The summed E-state index contributed by atoms with van der Waals surface area (Å²) in [4.78, 5) is 36.3. The summed E-state index contributed by atoms with van der Waals surface area (Å²) < 4.78 is 0.787. The predicted molar refractivity (Wildman–Crippen MR) is 60.9 cm³/mol. The Hall–Kier alpha value is -2.05. The number of amides is 1. The summed E-state index contributed by atoms with van der Waals surface area (Å²) in [5.74, 6) is -1.31. The Balaban J connectivity index is 3.73. The Kier molecular flexibility index (Phi) is 3.12. The molecule has 1 amide bonds. The molecule has 0 spiro atoms. The maximum Gasteiger partial charge on any atom is 0.332 e. The van der Waals surface area contributed by atoms with E-state index in [1.165, 1.54) is 13.8 Å². The summed E-state index contributed by atoms with van der Waals surface area (Å²) in [6.07, 6.45) is 0.232. The molecule has 0 aliphatic heterocycles. The smallest absolute Gasteiger partial charge is 0.332 e. The number of aromatic amines is 1. The highest BCUT2D eigenvalue weighted by Crippen LogP contribution is 2.20. The van der Waals surface area contributed by atoms with Crippen molar-refractivity contribution in [1.29, 1.82) is 0 Å². The van der Waals surface area contributed by atoms with Gasteiger partial charge in [0.15, 0.2) is 0 Å². The Morgan fingerprint density at radius 2 is 2.00 bits per heavy atom. The number of carbonyl (C=O) groups is 1. The van der Waals surface area contributed by atoms with E-state index in [1.807, 2.05) is 4.98 Å². The van der Waals surface area contributed by atoms with Crippen LogP contribution in [0.15, 0.2) is 9.59 Å². The lowest BCUT2D eigenvalue weighted by Gasteiger charge is -2.25. The summed E-state index contributed by atoms with van der Waals surface area (Å²) in [6, 6.07) is 0. The van der Waals surface area contributed by atoms with Crippen LogP contribution in [0.25, 0.3) is 0 Å². The van der Waals surface area contributed by atoms with Crippen molar-refractivity contribution < 1.29 is 9.90 Å². The van der Waals surface area contributed by atoms with Gasteiger partial charge in [-0.2, -0.15) is 0 Å². The highest BCUT2D eigenvalue weighted by Gasteiger charge is 2.32. The summed E-state index contributed by atoms with van der Waals surface area (Å²) in [5, 5.41) is 9.87. The largest absolute Gasteiger partial charge is 0.494 e. The molecule has 1 heterocycles. The lowest BCUT2D eigenvalue weighted by atomic mass is 10.0. The molecule has 4 N–H and O–H groups in total. The van der Waals surface area contributed by atoms with Crippen molar-refractivity contribution in [2.75, 3.05) is 0 Å². The standard InChI is InChI=1S/C10H15N3O4/c1-4-5-6(14)12-9(17)13(7(5)15)10(2,3)8(11)16/h15H,4H2,1-3H3,(H2,11,16)(H,12,14,17). The number of hydrogen-bond donors (Lipinski definition) is 3. The molecule has 0 saturated carbocycles. The maximum atomic E-state index is 11.6. The maximum absolute atomic E-state index is 11.6. The topological polar surface area (TPSA) is 118 Å². The van der Waals surface area contributed by atoms with E-state index in [-0.39, 0.29) is 12.0 Å². The number of H-pyrrole nitrogens is 1. The summed E-state index contributed by atoms with van der Waals surface area (Å²) in [6.45, 7) is 4.42. The van der Waals surface area contributed by atoms with Crippen LogP contribution in [0, 0.1) is 0 Å². The zero-order chi connectivity index (χ0) is 13.4. The van der Waals surface area contributed by atoms with Crippen molar-refractivity contribution in [3.8, 4) is 5.88 Å². The van der Waals surface area contributed by atoms with Crippen LogP contribution >= 0.6 is 0 Å². The molecule has 1 rings (SSSR count). The molecule has 94 valence electrons. The lowest BCUT2D eigenvalue weighted by Crippen LogP contribution is -2.48. The van der Waals surface area contributed by atoms with Crippen LogP contribution in [0.1, 0.15) is 26.3 Å². The molecule has 0 aliphatic rings. The first-order chi connectivity index (χ1) is 7.73. The normalized spacial score (nSPS) is 11.5. The van der Waals surface area contributed by atoms with Crippen molar-refractivity contribution in [3.63, 3.8) is 0 Å². The third kappa shape index (κ3) is 1.95. The van der Waals surface area contributed by atoms with Gasteiger partial charge in [-0.05, 0) is 20.3 Å². The Morgan fingerprint density at radius 3 is 2.41 bits per heavy atom. The Bertz CT molecular complexity index is 568. The molecule has 7 nitrogen and oxygen atoms in total. The van der Waals surface area contributed by atoms with Crippen molar-refractivity contribution in [1.82, 2.24) is 9.55 Å². The average molecular weight is 241 g/mol. The molecule has 0 saturated heterocycles. The summed E-state index contributed by atoms with van der Waals surface area (Å²) in [5.41, 5.74) is 2.26. The Labute approximate surface area is 96.9 Å². The molecule has 0 fully saturated rings. The first-order valence-corrected chi connectivity index (χ1v) is 5.11. The van der Waals surface area contributed by atoms with E-state index >= 15 is 0 Å². The number of nitrogens with two attached hydrogens (primary N) is 1. The third-order valence-electron chi connectivity index (χ3n) is 2.69. The molecule has 17 heavy (non-hydrogen) atoms. The van der Waals surface area contributed by atoms with Gasteiger partial charge in [0.2, 0.25) is 11.8 Å². The van der Waals surface area contributed by atoms with E-state index in [0.717, 1.165) is 4.57 Å². The number of nitrogens with one attached hydrogen (secondary N) is 1. The third-order valence-corrected chi connectivity index (χ3v) is 2.69. The van der Waals surface area contributed by atoms with Gasteiger partial charge in [-0.3, -0.25) is 14.6 Å². The number of carbonyl (C=O) groups excluding carboxylic acids is 1. The van der Waals surface area contributed by atoms with E-state index in [1.54, 1.807) is 6.92 Å². The van der Waals surface area contributed by atoms with E-state index in [9.17, 15) is 19.5 Å². The first kappa shape index (κ1) is 13.0. The van der Waals surface area contributed by atoms with Gasteiger partial charge in [0, 0.05) is 0 Å². The van der Waals surface area contributed by atoms with Crippen LogP contribution in [0.5, 0.6) is 5.88 Å².